The summed E-state index contributed by atoms with van der Waals surface area (Å²) in [7, 11) is 0. The first-order valence-electron chi connectivity index (χ1n) is 6.93. The number of carbonyl (C=O) groups is 1. The molecule has 0 aliphatic carbocycles. The molecule has 100 valence electrons. The maximum Gasteiger partial charge on any atom is 0.228 e. The Morgan fingerprint density at radius 1 is 1.41 bits per heavy atom. The van der Waals surface area contributed by atoms with E-state index >= 15 is 0 Å². The molecule has 0 saturated carbocycles. The Morgan fingerprint density at radius 2 is 2.00 bits per heavy atom. The Morgan fingerprint density at radius 3 is 2.35 bits per heavy atom. The van der Waals surface area contributed by atoms with Crippen LogP contribution in [0.2, 0.25) is 0 Å². The fourth-order valence-corrected chi connectivity index (χ4v) is 2.49. The first kappa shape index (κ1) is 14.5. The summed E-state index contributed by atoms with van der Waals surface area (Å²) in [6.45, 7) is 12.5. The van der Waals surface area contributed by atoms with Crippen LogP contribution in [-0.4, -0.2) is 24.5 Å². The molecule has 0 aromatic heterocycles. The first-order chi connectivity index (χ1) is 7.90. The molecule has 1 aliphatic heterocycles. The van der Waals surface area contributed by atoms with Gasteiger partial charge in [-0.25, -0.2) is 0 Å². The van der Waals surface area contributed by atoms with Crippen molar-refractivity contribution in [2.45, 2.75) is 59.4 Å². The predicted octanol–water partition coefficient (Wildman–Crippen LogP) is 2.32. The summed E-state index contributed by atoms with van der Waals surface area (Å²) in [4.78, 5) is 12.6. The molecule has 1 amide bonds. The van der Waals surface area contributed by atoms with Gasteiger partial charge in [-0.15, -0.1) is 0 Å². The molecule has 1 atom stereocenters. The standard InChI is InChI=1S/C14H28N2O/c1-6-13(5,7-2)16-12(17)14(11(3)4)8-9-15-10-14/h11,15H,6-10H2,1-5H3,(H,16,17). The molecular weight excluding hydrogens is 212 g/mol. The zero-order chi connectivity index (χ0) is 13.1. The number of nitrogens with one attached hydrogen (secondary N) is 2. The Balaban J connectivity index is 2.80. The molecule has 1 aliphatic rings. The first-order valence-corrected chi connectivity index (χ1v) is 6.93. The third-order valence-corrected chi connectivity index (χ3v) is 4.72. The van der Waals surface area contributed by atoms with Crippen LogP contribution in [0.25, 0.3) is 0 Å². The zero-order valence-corrected chi connectivity index (χ0v) is 12.0. The Kier molecular flexibility index (Phi) is 4.59. The highest BCUT2D eigenvalue weighted by Crippen LogP contribution is 2.35. The van der Waals surface area contributed by atoms with Crippen LogP contribution in [0.1, 0.15) is 53.9 Å². The van der Waals surface area contributed by atoms with Crippen LogP contribution < -0.4 is 10.6 Å². The minimum absolute atomic E-state index is 0.0540. The van der Waals surface area contributed by atoms with E-state index in [1.54, 1.807) is 0 Å². The quantitative estimate of drug-likeness (QED) is 0.774. The molecule has 1 heterocycles. The molecule has 2 N–H and O–H groups in total. The van der Waals surface area contributed by atoms with Crippen molar-refractivity contribution in [3.63, 3.8) is 0 Å². The van der Waals surface area contributed by atoms with Gasteiger partial charge in [-0.3, -0.25) is 4.79 Å². The predicted molar refractivity (Wildman–Crippen MR) is 71.9 cm³/mol. The molecule has 3 nitrogen and oxygen atoms in total. The number of rotatable bonds is 5. The van der Waals surface area contributed by atoms with Gasteiger partial charge in [-0.1, -0.05) is 27.7 Å². The van der Waals surface area contributed by atoms with Crippen LogP contribution >= 0.6 is 0 Å². The van der Waals surface area contributed by atoms with E-state index in [1.165, 1.54) is 0 Å². The topological polar surface area (TPSA) is 41.1 Å². The lowest BCUT2D eigenvalue weighted by molar-refractivity contribution is -0.134. The summed E-state index contributed by atoms with van der Waals surface area (Å²) in [5.41, 5.74) is -0.257. The number of hydrogen-bond donors (Lipinski definition) is 2. The molecule has 1 fully saturated rings. The molecule has 1 unspecified atom stereocenters. The van der Waals surface area contributed by atoms with Crippen molar-refractivity contribution < 1.29 is 4.79 Å². The smallest absolute Gasteiger partial charge is 0.228 e. The van der Waals surface area contributed by atoms with Crippen LogP contribution in [0.5, 0.6) is 0 Å². The molecule has 3 heteroatoms. The molecule has 0 spiro atoms. The molecule has 1 rings (SSSR count). The summed E-state index contributed by atoms with van der Waals surface area (Å²) < 4.78 is 0. The van der Waals surface area contributed by atoms with Crippen molar-refractivity contribution in [1.29, 1.82) is 0 Å². The van der Waals surface area contributed by atoms with E-state index in [1.807, 2.05) is 0 Å². The molecule has 1 saturated heterocycles. The SMILES string of the molecule is CCC(C)(CC)NC(=O)C1(C(C)C)CCNC1. The van der Waals surface area contributed by atoms with E-state index in [0.717, 1.165) is 32.4 Å². The highest BCUT2D eigenvalue weighted by molar-refractivity contribution is 5.84. The molecule has 0 bridgehead atoms. The maximum atomic E-state index is 12.6. The van der Waals surface area contributed by atoms with Crippen molar-refractivity contribution in [2.75, 3.05) is 13.1 Å². The molecule has 0 radical (unpaired) electrons. The second-order valence-corrected chi connectivity index (χ2v) is 5.96. The third-order valence-electron chi connectivity index (χ3n) is 4.72. The Labute approximate surface area is 106 Å². The van der Waals surface area contributed by atoms with Gasteiger partial charge in [0.1, 0.15) is 0 Å². The lowest BCUT2D eigenvalue weighted by atomic mass is 9.75. The van der Waals surface area contributed by atoms with Gasteiger partial charge in [0.05, 0.1) is 5.41 Å². The minimum atomic E-state index is -0.203. The van der Waals surface area contributed by atoms with Gasteiger partial charge in [0, 0.05) is 12.1 Å². The zero-order valence-electron chi connectivity index (χ0n) is 12.0. The van der Waals surface area contributed by atoms with Crippen LogP contribution in [0.4, 0.5) is 0 Å². The van der Waals surface area contributed by atoms with Gasteiger partial charge in [-0.2, -0.15) is 0 Å². The van der Waals surface area contributed by atoms with Crippen molar-refractivity contribution >= 4 is 5.91 Å². The van der Waals surface area contributed by atoms with Gasteiger partial charge < -0.3 is 10.6 Å². The van der Waals surface area contributed by atoms with E-state index in [9.17, 15) is 4.79 Å². The summed E-state index contributed by atoms with van der Waals surface area (Å²) in [6, 6.07) is 0. The van der Waals surface area contributed by atoms with Gasteiger partial charge in [0.25, 0.3) is 0 Å². The fourth-order valence-electron chi connectivity index (χ4n) is 2.49. The van der Waals surface area contributed by atoms with E-state index in [0.29, 0.717) is 5.92 Å². The third kappa shape index (κ3) is 2.82. The van der Waals surface area contributed by atoms with E-state index in [-0.39, 0.29) is 16.9 Å². The largest absolute Gasteiger partial charge is 0.350 e. The minimum Gasteiger partial charge on any atom is -0.350 e. The summed E-state index contributed by atoms with van der Waals surface area (Å²) in [5.74, 6) is 0.624. The second-order valence-electron chi connectivity index (χ2n) is 5.96. The maximum absolute atomic E-state index is 12.6. The normalized spacial score (nSPS) is 25.3. The average Bonchev–Trinajstić information content (AvgIpc) is 2.79. The second kappa shape index (κ2) is 5.38. The summed E-state index contributed by atoms with van der Waals surface area (Å²) >= 11 is 0. The summed E-state index contributed by atoms with van der Waals surface area (Å²) in [5, 5.41) is 6.61. The van der Waals surface area contributed by atoms with E-state index in [4.69, 9.17) is 0 Å². The highest BCUT2D eigenvalue weighted by Gasteiger charge is 2.45. The van der Waals surface area contributed by atoms with Crippen LogP contribution in [0, 0.1) is 11.3 Å². The molecular formula is C14H28N2O. The fraction of sp³-hybridized carbons (Fsp3) is 0.929. The number of hydrogen-bond acceptors (Lipinski definition) is 2. The van der Waals surface area contributed by atoms with E-state index in [2.05, 4.69) is 45.3 Å². The van der Waals surface area contributed by atoms with Crippen molar-refractivity contribution in [2.24, 2.45) is 11.3 Å². The molecule has 0 aromatic rings. The summed E-state index contributed by atoms with van der Waals surface area (Å²) in [6.07, 6.45) is 2.92. The molecule has 17 heavy (non-hydrogen) atoms. The lowest BCUT2D eigenvalue weighted by Gasteiger charge is -2.37. The Hall–Kier alpha value is -0.570. The van der Waals surface area contributed by atoms with Gasteiger partial charge >= 0.3 is 0 Å². The van der Waals surface area contributed by atoms with Crippen LogP contribution in [-0.2, 0) is 4.79 Å². The van der Waals surface area contributed by atoms with E-state index < -0.39 is 0 Å². The van der Waals surface area contributed by atoms with Crippen molar-refractivity contribution in [3.05, 3.63) is 0 Å². The van der Waals surface area contributed by atoms with Gasteiger partial charge in [-0.05, 0) is 38.6 Å². The average molecular weight is 240 g/mol. The van der Waals surface area contributed by atoms with Gasteiger partial charge in [0.15, 0.2) is 0 Å². The van der Waals surface area contributed by atoms with Crippen LogP contribution in [0.3, 0.4) is 0 Å². The van der Waals surface area contributed by atoms with Crippen molar-refractivity contribution in [1.82, 2.24) is 10.6 Å². The van der Waals surface area contributed by atoms with Gasteiger partial charge in [0.2, 0.25) is 5.91 Å². The highest BCUT2D eigenvalue weighted by atomic mass is 16.2. The van der Waals surface area contributed by atoms with Crippen molar-refractivity contribution in [3.8, 4) is 0 Å². The Bertz CT molecular complexity index is 263. The van der Waals surface area contributed by atoms with Crippen LogP contribution in [0.15, 0.2) is 0 Å². The number of carbonyl (C=O) groups excluding carboxylic acids is 1. The molecule has 0 aromatic carbocycles. The number of amides is 1. The lowest BCUT2D eigenvalue weighted by Crippen LogP contribution is -2.54. The monoisotopic (exact) mass is 240 g/mol.